The van der Waals surface area contributed by atoms with E-state index in [0.29, 0.717) is 17.2 Å². The highest BCUT2D eigenvalue weighted by Crippen LogP contribution is 2.12. The second kappa shape index (κ2) is 6.33. The monoisotopic (exact) mass is 323 g/mol. The summed E-state index contributed by atoms with van der Waals surface area (Å²) in [5.41, 5.74) is 0.213. The van der Waals surface area contributed by atoms with Crippen LogP contribution in [0.1, 0.15) is 21.9 Å². The fourth-order valence-electron chi connectivity index (χ4n) is 1.93. The third-order valence-electron chi connectivity index (χ3n) is 3.13. The SMILES string of the molecule is Cc1ccc(CCN(O)C(=O)c2ccc(S(C)(=O)=O)cc2)o1. The maximum atomic E-state index is 12.0. The van der Waals surface area contributed by atoms with Crippen LogP contribution in [0.25, 0.3) is 0 Å². The van der Waals surface area contributed by atoms with Gasteiger partial charge in [-0.05, 0) is 43.3 Å². The Bertz CT molecular complexity index is 761. The Balaban J connectivity index is 2.01. The van der Waals surface area contributed by atoms with Crippen molar-refractivity contribution < 1.29 is 22.8 Å². The van der Waals surface area contributed by atoms with Crippen LogP contribution in [0.2, 0.25) is 0 Å². The molecule has 7 heteroatoms. The summed E-state index contributed by atoms with van der Waals surface area (Å²) in [6, 6.07) is 9.02. The Morgan fingerprint density at radius 3 is 2.32 bits per heavy atom. The first-order valence-electron chi connectivity index (χ1n) is 6.63. The number of rotatable bonds is 5. The fraction of sp³-hybridized carbons (Fsp3) is 0.267. The van der Waals surface area contributed by atoms with Crippen LogP contribution in [-0.2, 0) is 16.3 Å². The average Bonchev–Trinajstić information content (AvgIpc) is 2.89. The van der Waals surface area contributed by atoms with Crippen molar-refractivity contribution in [2.24, 2.45) is 0 Å². The van der Waals surface area contributed by atoms with Gasteiger partial charge in [0.25, 0.3) is 5.91 Å². The molecule has 2 rings (SSSR count). The molecule has 1 heterocycles. The van der Waals surface area contributed by atoms with E-state index >= 15 is 0 Å². The van der Waals surface area contributed by atoms with Gasteiger partial charge in [0.15, 0.2) is 9.84 Å². The van der Waals surface area contributed by atoms with E-state index in [0.717, 1.165) is 12.0 Å². The molecule has 0 spiro atoms. The van der Waals surface area contributed by atoms with Crippen molar-refractivity contribution in [2.45, 2.75) is 18.2 Å². The molecule has 0 fully saturated rings. The number of hydrogen-bond donors (Lipinski definition) is 1. The number of benzene rings is 1. The smallest absolute Gasteiger partial charge is 0.277 e. The maximum Gasteiger partial charge on any atom is 0.277 e. The molecule has 0 bridgehead atoms. The van der Waals surface area contributed by atoms with E-state index in [1.54, 1.807) is 6.07 Å². The van der Waals surface area contributed by atoms with Gasteiger partial charge < -0.3 is 4.42 Å². The lowest BCUT2D eigenvalue weighted by atomic mass is 10.2. The normalized spacial score (nSPS) is 11.4. The zero-order valence-electron chi connectivity index (χ0n) is 12.3. The number of nitrogens with zero attached hydrogens (tertiary/aromatic N) is 1. The highest BCUT2D eigenvalue weighted by atomic mass is 32.2. The summed E-state index contributed by atoms with van der Waals surface area (Å²) in [6.45, 7) is 1.90. The van der Waals surface area contributed by atoms with E-state index < -0.39 is 15.7 Å². The summed E-state index contributed by atoms with van der Waals surface area (Å²) >= 11 is 0. The van der Waals surface area contributed by atoms with Gasteiger partial charge in [0, 0.05) is 18.2 Å². The number of hydrogen-bond acceptors (Lipinski definition) is 5. The minimum absolute atomic E-state index is 0.0830. The first kappa shape index (κ1) is 16.3. The molecule has 1 aromatic carbocycles. The number of aryl methyl sites for hydroxylation is 1. The van der Waals surface area contributed by atoms with Crippen LogP contribution >= 0.6 is 0 Å². The van der Waals surface area contributed by atoms with E-state index in [1.807, 2.05) is 13.0 Å². The number of sulfone groups is 1. The number of carbonyl (C=O) groups is 1. The Hall–Kier alpha value is -2.12. The van der Waals surface area contributed by atoms with Gasteiger partial charge in [0.05, 0.1) is 11.4 Å². The molecule has 0 saturated carbocycles. The van der Waals surface area contributed by atoms with Crippen molar-refractivity contribution >= 4 is 15.7 Å². The lowest BCUT2D eigenvalue weighted by Gasteiger charge is -2.14. The molecular formula is C15H17NO5S. The molecular weight excluding hydrogens is 306 g/mol. The maximum absolute atomic E-state index is 12.0. The van der Waals surface area contributed by atoms with Crippen LogP contribution in [0.4, 0.5) is 0 Å². The average molecular weight is 323 g/mol. The lowest BCUT2D eigenvalue weighted by molar-refractivity contribution is -0.0578. The zero-order valence-corrected chi connectivity index (χ0v) is 13.1. The van der Waals surface area contributed by atoms with Crippen LogP contribution in [-0.4, -0.2) is 37.4 Å². The molecule has 0 aliphatic heterocycles. The molecule has 1 aromatic heterocycles. The molecule has 1 amide bonds. The van der Waals surface area contributed by atoms with Crippen molar-refractivity contribution in [3.63, 3.8) is 0 Å². The van der Waals surface area contributed by atoms with Crippen molar-refractivity contribution in [3.8, 4) is 0 Å². The standard InChI is InChI=1S/C15H17NO5S/c1-11-3-6-13(21-11)9-10-16(18)15(17)12-4-7-14(8-5-12)22(2,19)20/h3-8,18H,9-10H2,1-2H3. The van der Waals surface area contributed by atoms with E-state index in [2.05, 4.69) is 0 Å². The fourth-order valence-corrected chi connectivity index (χ4v) is 2.56. The van der Waals surface area contributed by atoms with E-state index in [-0.39, 0.29) is 17.0 Å². The Morgan fingerprint density at radius 2 is 1.82 bits per heavy atom. The highest BCUT2D eigenvalue weighted by Gasteiger charge is 2.15. The molecule has 0 aliphatic rings. The van der Waals surface area contributed by atoms with E-state index in [1.165, 1.54) is 24.3 Å². The minimum atomic E-state index is -3.31. The van der Waals surface area contributed by atoms with Crippen LogP contribution in [0.3, 0.4) is 0 Å². The number of carbonyl (C=O) groups excluding carboxylic acids is 1. The van der Waals surface area contributed by atoms with Crippen molar-refractivity contribution in [2.75, 3.05) is 12.8 Å². The highest BCUT2D eigenvalue weighted by molar-refractivity contribution is 7.90. The van der Waals surface area contributed by atoms with E-state index in [9.17, 15) is 18.4 Å². The summed E-state index contributed by atoms with van der Waals surface area (Å²) in [5, 5.41) is 10.4. The van der Waals surface area contributed by atoms with Gasteiger partial charge in [-0.25, -0.2) is 13.5 Å². The van der Waals surface area contributed by atoms with Crippen LogP contribution in [0, 0.1) is 6.92 Å². The third kappa shape index (κ3) is 3.96. The number of hydroxylamine groups is 2. The number of furan rings is 1. The zero-order chi connectivity index (χ0) is 16.3. The van der Waals surface area contributed by atoms with Crippen LogP contribution < -0.4 is 0 Å². The van der Waals surface area contributed by atoms with Crippen LogP contribution in [0.15, 0.2) is 45.7 Å². The van der Waals surface area contributed by atoms with Gasteiger partial charge in [-0.3, -0.25) is 10.0 Å². The van der Waals surface area contributed by atoms with Crippen molar-refractivity contribution in [1.29, 1.82) is 0 Å². The van der Waals surface area contributed by atoms with Crippen molar-refractivity contribution in [1.82, 2.24) is 5.06 Å². The summed E-state index contributed by atoms with van der Waals surface area (Å²) in [7, 11) is -3.31. The van der Waals surface area contributed by atoms with Crippen LogP contribution in [0.5, 0.6) is 0 Å². The lowest BCUT2D eigenvalue weighted by Crippen LogP contribution is -2.29. The van der Waals surface area contributed by atoms with Gasteiger partial charge >= 0.3 is 0 Å². The van der Waals surface area contributed by atoms with Gasteiger partial charge in [0.2, 0.25) is 0 Å². The molecule has 2 aromatic rings. The Labute approximate surface area is 128 Å². The van der Waals surface area contributed by atoms with Crippen molar-refractivity contribution in [3.05, 3.63) is 53.5 Å². The molecule has 0 saturated heterocycles. The third-order valence-corrected chi connectivity index (χ3v) is 4.26. The largest absolute Gasteiger partial charge is 0.466 e. The quantitative estimate of drug-likeness (QED) is 0.672. The molecule has 118 valence electrons. The summed E-state index contributed by atoms with van der Waals surface area (Å²) in [6.07, 6.45) is 1.48. The van der Waals surface area contributed by atoms with Gasteiger partial charge in [0.1, 0.15) is 11.5 Å². The molecule has 6 nitrogen and oxygen atoms in total. The minimum Gasteiger partial charge on any atom is -0.466 e. The first-order valence-corrected chi connectivity index (χ1v) is 8.52. The molecule has 0 atom stereocenters. The predicted octanol–water partition coefficient (Wildman–Crippen LogP) is 2.07. The molecule has 0 radical (unpaired) electrons. The molecule has 0 aliphatic carbocycles. The Morgan fingerprint density at radius 1 is 1.18 bits per heavy atom. The topological polar surface area (TPSA) is 87.8 Å². The molecule has 1 N–H and O–H groups in total. The number of amides is 1. The molecule has 0 unspecified atom stereocenters. The summed E-state index contributed by atoms with van der Waals surface area (Å²) < 4.78 is 28.1. The molecule has 22 heavy (non-hydrogen) atoms. The summed E-state index contributed by atoms with van der Waals surface area (Å²) in [4.78, 5) is 12.2. The first-order chi connectivity index (χ1) is 10.3. The van der Waals surface area contributed by atoms with Gasteiger partial charge in [-0.2, -0.15) is 0 Å². The van der Waals surface area contributed by atoms with Gasteiger partial charge in [-0.15, -0.1) is 0 Å². The second-order valence-electron chi connectivity index (χ2n) is 4.99. The Kier molecular flexibility index (Phi) is 4.68. The second-order valence-corrected chi connectivity index (χ2v) is 7.00. The van der Waals surface area contributed by atoms with Gasteiger partial charge in [-0.1, -0.05) is 0 Å². The van der Waals surface area contributed by atoms with E-state index in [4.69, 9.17) is 4.42 Å². The summed E-state index contributed by atoms with van der Waals surface area (Å²) in [5.74, 6) is 0.849. The predicted molar refractivity (Wildman–Crippen MR) is 79.5 cm³/mol.